The molecular weight excluding hydrogens is 492 g/mol. The van der Waals surface area contributed by atoms with Gasteiger partial charge in [-0.1, -0.05) is 0 Å². The minimum atomic E-state index is -1.72. The molecule has 1 saturated heterocycles. The minimum absolute atomic E-state index is 0.0646. The lowest BCUT2D eigenvalue weighted by Crippen LogP contribution is -2.61. The first-order valence-electron chi connectivity index (χ1n) is 11.1. The molecule has 0 aliphatic carbocycles. The first-order chi connectivity index (χ1) is 17.5. The molecule has 4 rings (SSSR count). The van der Waals surface area contributed by atoms with E-state index in [1.54, 1.807) is 0 Å². The van der Waals surface area contributed by atoms with Gasteiger partial charge in [0.15, 0.2) is 24.1 Å². The maximum absolute atomic E-state index is 13.5. The van der Waals surface area contributed by atoms with Crippen LogP contribution in [0.15, 0.2) is 45.6 Å². The molecule has 12 nitrogen and oxygen atoms in total. The second-order valence-electron chi connectivity index (χ2n) is 8.44. The summed E-state index contributed by atoms with van der Waals surface area (Å²) in [6.07, 6.45) is -6.85. The van der Waals surface area contributed by atoms with Crippen LogP contribution in [0.2, 0.25) is 0 Å². The third-order valence-corrected chi connectivity index (χ3v) is 5.64. The molecule has 0 amide bonds. The van der Waals surface area contributed by atoms with Gasteiger partial charge >= 0.3 is 11.9 Å². The molecule has 3 aromatic rings. The van der Waals surface area contributed by atoms with Crippen LogP contribution in [0.4, 0.5) is 0 Å². The van der Waals surface area contributed by atoms with Gasteiger partial charge in [0.2, 0.25) is 17.5 Å². The lowest BCUT2D eigenvalue weighted by Gasteiger charge is -2.41. The molecular formula is C25H24O12. The summed E-state index contributed by atoms with van der Waals surface area (Å²) < 4.78 is 27.7. The largest absolute Gasteiger partial charge is 0.508 e. The van der Waals surface area contributed by atoms with Crippen LogP contribution in [0.5, 0.6) is 23.0 Å². The zero-order chi connectivity index (χ0) is 27.0. The van der Waals surface area contributed by atoms with Gasteiger partial charge < -0.3 is 43.8 Å². The second kappa shape index (κ2) is 9.99. The van der Waals surface area contributed by atoms with Crippen molar-refractivity contribution in [1.29, 1.82) is 0 Å². The van der Waals surface area contributed by atoms with Crippen LogP contribution < -0.4 is 10.2 Å². The zero-order valence-corrected chi connectivity index (χ0v) is 19.9. The van der Waals surface area contributed by atoms with Crippen LogP contribution in [0.1, 0.15) is 20.8 Å². The van der Waals surface area contributed by atoms with Gasteiger partial charge in [0.05, 0.1) is 6.10 Å². The molecule has 1 fully saturated rings. The van der Waals surface area contributed by atoms with Gasteiger partial charge in [-0.15, -0.1) is 0 Å². The molecule has 1 unspecified atom stereocenters. The van der Waals surface area contributed by atoms with Crippen molar-refractivity contribution in [2.75, 3.05) is 0 Å². The number of phenols is 3. The molecule has 1 aliphatic rings. The number of carbonyl (C=O) groups excluding carboxylic acids is 2. The van der Waals surface area contributed by atoms with Crippen LogP contribution in [0.25, 0.3) is 22.3 Å². The molecule has 2 heterocycles. The quantitative estimate of drug-likeness (QED) is 0.362. The van der Waals surface area contributed by atoms with Crippen molar-refractivity contribution in [3.8, 4) is 34.3 Å². The van der Waals surface area contributed by atoms with E-state index in [9.17, 15) is 34.8 Å². The second-order valence-corrected chi connectivity index (χ2v) is 8.44. The summed E-state index contributed by atoms with van der Waals surface area (Å²) in [4.78, 5) is 36.8. The third-order valence-electron chi connectivity index (χ3n) is 5.64. The Labute approximate surface area is 209 Å². The van der Waals surface area contributed by atoms with Crippen molar-refractivity contribution >= 4 is 22.9 Å². The Balaban J connectivity index is 1.83. The maximum Gasteiger partial charge on any atom is 0.303 e. The molecule has 5 atom stereocenters. The standard InChI is InChI=1S/C25H24O12/c1-10-21(34-11(2)26)24(35-12(3)27)20(32)25(33-10)37-23-19(31)18-16(30)8-15(29)9-17(18)36-22(23)13-4-6-14(28)7-5-13/h4-10,20-21,24-25,28-30,32H,1-3H3/t10-,20+,21-,24-,25?/m1/s1. The van der Waals surface area contributed by atoms with E-state index in [-0.39, 0.29) is 33.8 Å². The van der Waals surface area contributed by atoms with E-state index in [1.165, 1.54) is 31.2 Å². The van der Waals surface area contributed by atoms with Crippen molar-refractivity contribution in [2.45, 2.75) is 51.5 Å². The Morgan fingerprint density at radius 2 is 1.54 bits per heavy atom. The Morgan fingerprint density at radius 1 is 0.919 bits per heavy atom. The molecule has 196 valence electrons. The normalized spacial score (nSPS) is 23.4. The number of phenolic OH excluding ortho intramolecular Hbond substituents is 3. The number of carbonyl (C=O) groups is 2. The fraction of sp³-hybridized carbons (Fsp3) is 0.320. The summed E-state index contributed by atoms with van der Waals surface area (Å²) in [5.41, 5.74) is -0.761. The summed E-state index contributed by atoms with van der Waals surface area (Å²) in [6, 6.07) is 7.58. The predicted octanol–water partition coefficient (Wildman–Crippen LogP) is 1.92. The number of ether oxygens (including phenoxy) is 4. The molecule has 1 aliphatic heterocycles. The van der Waals surface area contributed by atoms with Crippen molar-refractivity contribution in [2.24, 2.45) is 0 Å². The lowest BCUT2D eigenvalue weighted by molar-refractivity contribution is -0.276. The third kappa shape index (κ3) is 5.15. The number of hydrogen-bond donors (Lipinski definition) is 4. The number of esters is 2. The smallest absolute Gasteiger partial charge is 0.303 e. The van der Waals surface area contributed by atoms with Crippen molar-refractivity contribution in [1.82, 2.24) is 0 Å². The molecule has 1 aromatic heterocycles. The van der Waals surface area contributed by atoms with Gasteiger partial charge in [-0.25, -0.2) is 0 Å². The minimum Gasteiger partial charge on any atom is -0.508 e. The average Bonchev–Trinajstić information content (AvgIpc) is 2.80. The highest BCUT2D eigenvalue weighted by Crippen LogP contribution is 2.37. The number of benzene rings is 2. The number of fused-ring (bicyclic) bond motifs is 1. The van der Waals surface area contributed by atoms with Gasteiger partial charge in [0.1, 0.15) is 28.2 Å². The van der Waals surface area contributed by atoms with Crippen LogP contribution >= 0.6 is 0 Å². The van der Waals surface area contributed by atoms with Crippen LogP contribution in [0, 0.1) is 0 Å². The molecule has 37 heavy (non-hydrogen) atoms. The Morgan fingerprint density at radius 3 is 2.16 bits per heavy atom. The molecule has 0 saturated carbocycles. The number of aromatic hydroxyl groups is 3. The summed E-state index contributed by atoms with van der Waals surface area (Å²) in [6.45, 7) is 3.73. The van der Waals surface area contributed by atoms with Crippen LogP contribution in [-0.2, 0) is 23.8 Å². The van der Waals surface area contributed by atoms with Crippen molar-refractivity contribution < 1.29 is 53.4 Å². The molecule has 12 heteroatoms. The van der Waals surface area contributed by atoms with Crippen molar-refractivity contribution in [3.05, 3.63) is 46.6 Å². The summed E-state index contributed by atoms with van der Waals surface area (Å²) in [5, 5.41) is 40.5. The highest BCUT2D eigenvalue weighted by atomic mass is 16.7. The van der Waals surface area contributed by atoms with Gasteiger partial charge in [0, 0.05) is 31.5 Å². The fourth-order valence-electron chi connectivity index (χ4n) is 4.06. The molecule has 0 spiro atoms. The SMILES string of the molecule is CC(=O)O[C@H]1[C@H](OC(C)=O)[C@@H](C)OC(Oc2c(-c3ccc(O)cc3)oc3cc(O)cc(O)c3c2=O)[C@H]1O. The number of rotatable bonds is 5. The number of hydrogen-bond acceptors (Lipinski definition) is 12. The first kappa shape index (κ1) is 25.8. The van der Waals surface area contributed by atoms with E-state index < -0.39 is 59.6 Å². The zero-order valence-electron chi connectivity index (χ0n) is 19.9. The first-order valence-corrected chi connectivity index (χ1v) is 11.1. The molecule has 0 bridgehead atoms. The topological polar surface area (TPSA) is 182 Å². The Kier molecular flexibility index (Phi) is 6.96. The number of aliphatic hydroxyl groups excluding tert-OH is 1. The monoisotopic (exact) mass is 516 g/mol. The summed E-state index contributed by atoms with van der Waals surface area (Å²) in [5.74, 6) is -3.14. The van der Waals surface area contributed by atoms with E-state index in [4.69, 9.17) is 23.4 Å². The van der Waals surface area contributed by atoms with E-state index >= 15 is 0 Å². The summed E-state index contributed by atoms with van der Waals surface area (Å²) >= 11 is 0. The summed E-state index contributed by atoms with van der Waals surface area (Å²) in [7, 11) is 0. The Bertz CT molecular complexity index is 1390. The molecule has 0 radical (unpaired) electrons. The highest BCUT2D eigenvalue weighted by Gasteiger charge is 2.49. The lowest BCUT2D eigenvalue weighted by atomic mass is 9.99. The van der Waals surface area contributed by atoms with Crippen LogP contribution in [0.3, 0.4) is 0 Å². The Hall–Kier alpha value is -4.29. The van der Waals surface area contributed by atoms with Gasteiger partial charge in [-0.3, -0.25) is 14.4 Å². The van der Waals surface area contributed by atoms with Gasteiger partial charge in [-0.05, 0) is 31.2 Å². The average molecular weight is 516 g/mol. The van der Waals surface area contributed by atoms with Crippen molar-refractivity contribution in [3.63, 3.8) is 0 Å². The highest BCUT2D eigenvalue weighted by molar-refractivity contribution is 5.88. The fourth-order valence-corrected chi connectivity index (χ4v) is 4.06. The van der Waals surface area contributed by atoms with E-state index in [0.29, 0.717) is 0 Å². The number of aliphatic hydroxyl groups is 1. The maximum atomic E-state index is 13.5. The van der Waals surface area contributed by atoms with Gasteiger partial charge in [0.25, 0.3) is 0 Å². The molecule has 2 aromatic carbocycles. The van der Waals surface area contributed by atoms with E-state index in [0.717, 1.165) is 26.0 Å². The van der Waals surface area contributed by atoms with E-state index in [2.05, 4.69) is 0 Å². The predicted molar refractivity (Wildman–Crippen MR) is 125 cm³/mol. The van der Waals surface area contributed by atoms with Crippen LogP contribution in [-0.4, -0.2) is 63.1 Å². The van der Waals surface area contributed by atoms with E-state index in [1.807, 2.05) is 0 Å². The molecule has 4 N–H and O–H groups in total. The van der Waals surface area contributed by atoms with Gasteiger partial charge in [-0.2, -0.15) is 0 Å².